The van der Waals surface area contributed by atoms with Gasteiger partial charge in [-0.2, -0.15) is 0 Å². The van der Waals surface area contributed by atoms with E-state index in [0.717, 1.165) is 23.8 Å². The Labute approximate surface area is 115 Å². The minimum absolute atomic E-state index is 0.0187. The van der Waals surface area contributed by atoms with Gasteiger partial charge in [-0.1, -0.05) is 20.8 Å². The summed E-state index contributed by atoms with van der Waals surface area (Å²) in [5.74, 6) is 1.77. The molecule has 2 heterocycles. The van der Waals surface area contributed by atoms with Crippen LogP contribution in [-0.4, -0.2) is 27.7 Å². The summed E-state index contributed by atoms with van der Waals surface area (Å²) in [6.07, 6.45) is 4.36. The van der Waals surface area contributed by atoms with Crippen molar-refractivity contribution >= 4 is 5.69 Å². The number of piperidine rings is 1. The quantitative estimate of drug-likeness (QED) is 0.911. The van der Waals surface area contributed by atoms with Crippen molar-refractivity contribution in [2.45, 2.75) is 59.1 Å². The standard InChI is InChI=1S/C15H25N3O/c1-10(2)15-16-8-14(13(9-19)17-15)18-7-5-6-11(3)12(18)4/h8,10-12,19H,5-7,9H2,1-4H3. The van der Waals surface area contributed by atoms with Crippen molar-refractivity contribution in [3.05, 3.63) is 17.7 Å². The molecule has 1 fully saturated rings. The third-order valence-corrected chi connectivity index (χ3v) is 4.21. The molecule has 0 radical (unpaired) electrons. The Hall–Kier alpha value is -1.16. The molecule has 106 valence electrons. The summed E-state index contributed by atoms with van der Waals surface area (Å²) in [6, 6.07) is 0.479. The summed E-state index contributed by atoms with van der Waals surface area (Å²) in [5.41, 5.74) is 1.77. The highest BCUT2D eigenvalue weighted by molar-refractivity contribution is 5.50. The van der Waals surface area contributed by atoms with Gasteiger partial charge in [0.1, 0.15) is 5.82 Å². The molecule has 1 aromatic rings. The molecule has 4 nitrogen and oxygen atoms in total. The van der Waals surface area contributed by atoms with Crippen LogP contribution in [0.4, 0.5) is 5.69 Å². The molecule has 0 amide bonds. The fraction of sp³-hybridized carbons (Fsp3) is 0.733. The summed E-state index contributed by atoms with van der Waals surface area (Å²) in [5, 5.41) is 9.59. The van der Waals surface area contributed by atoms with Crippen molar-refractivity contribution in [2.75, 3.05) is 11.4 Å². The van der Waals surface area contributed by atoms with E-state index in [0.29, 0.717) is 12.0 Å². The molecule has 4 heteroatoms. The van der Waals surface area contributed by atoms with Gasteiger partial charge in [0.25, 0.3) is 0 Å². The highest BCUT2D eigenvalue weighted by atomic mass is 16.3. The zero-order valence-corrected chi connectivity index (χ0v) is 12.4. The van der Waals surface area contributed by atoms with E-state index in [9.17, 15) is 5.11 Å². The SMILES string of the molecule is CC(C)c1ncc(N2CCCC(C)C2C)c(CO)n1. The van der Waals surface area contributed by atoms with Crippen molar-refractivity contribution in [2.24, 2.45) is 5.92 Å². The molecule has 0 aliphatic carbocycles. The van der Waals surface area contributed by atoms with Gasteiger partial charge in [0, 0.05) is 18.5 Å². The molecule has 0 aromatic carbocycles. The van der Waals surface area contributed by atoms with Gasteiger partial charge in [-0.25, -0.2) is 9.97 Å². The number of hydrogen-bond donors (Lipinski definition) is 1. The maximum Gasteiger partial charge on any atom is 0.131 e. The first-order valence-corrected chi connectivity index (χ1v) is 7.28. The first-order valence-electron chi connectivity index (χ1n) is 7.28. The predicted octanol–water partition coefficient (Wildman–Crippen LogP) is 2.72. The van der Waals surface area contributed by atoms with E-state index >= 15 is 0 Å². The second-order valence-electron chi connectivity index (χ2n) is 5.93. The highest BCUT2D eigenvalue weighted by Crippen LogP contribution is 2.30. The zero-order chi connectivity index (χ0) is 14.0. The van der Waals surface area contributed by atoms with Crippen LogP contribution >= 0.6 is 0 Å². The van der Waals surface area contributed by atoms with Crippen LogP contribution in [0.3, 0.4) is 0 Å². The zero-order valence-electron chi connectivity index (χ0n) is 12.4. The Morgan fingerprint density at radius 1 is 1.42 bits per heavy atom. The maximum absolute atomic E-state index is 9.59. The summed E-state index contributed by atoms with van der Waals surface area (Å²) in [7, 11) is 0. The molecular formula is C15H25N3O. The number of anilines is 1. The second kappa shape index (κ2) is 5.87. The van der Waals surface area contributed by atoms with E-state index in [-0.39, 0.29) is 12.5 Å². The monoisotopic (exact) mass is 263 g/mol. The van der Waals surface area contributed by atoms with Crippen LogP contribution in [0.5, 0.6) is 0 Å². The number of rotatable bonds is 3. The van der Waals surface area contributed by atoms with Gasteiger partial charge in [-0.05, 0) is 25.7 Å². The third-order valence-electron chi connectivity index (χ3n) is 4.21. The van der Waals surface area contributed by atoms with Crippen LogP contribution in [0, 0.1) is 5.92 Å². The Bertz CT molecular complexity index is 433. The van der Waals surface area contributed by atoms with Gasteiger partial charge in [0.15, 0.2) is 0 Å². The Kier molecular flexibility index (Phi) is 4.40. The molecule has 1 saturated heterocycles. The molecule has 0 bridgehead atoms. The van der Waals surface area contributed by atoms with Gasteiger partial charge in [-0.15, -0.1) is 0 Å². The lowest BCUT2D eigenvalue weighted by atomic mass is 9.91. The van der Waals surface area contributed by atoms with Crippen LogP contribution in [0.15, 0.2) is 6.20 Å². The van der Waals surface area contributed by atoms with E-state index in [1.54, 1.807) is 0 Å². The van der Waals surface area contributed by atoms with Crippen LogP contribution in [0.1, 0.15) is 58.0 Å². The second-order valence-corrected chi connectivity index (χ2v) is 5.93. The Balaban J connectivity index is 2.33. The number of hydrogen-bond acceptors (Lipinski definition) is 4. The molecule has 1 aliphatic rings. The number of aromatic nitrogens is 2. The third kappa shape index (κ3) is 2.89. The predicted molar refractivity (Wildman–Crippen MR) is 77.2 cm³/mol. The molecule has 2 atom stereocenters. The molecule has 2 rings (SSSR count). The van der Waals surface area contributed by atoms with Crippen molar-refractivity contribution in [1.82, 2.24) is 9.97 Å². The summed E-state index contributed by atoms with van der Waals surface area (Å²) in [6.45, 7) is 9.70. The lowest BCUT2D eigenvalue weighted by Crippen LogP contribution is -2.43. The van der Waals surface area contributed by atoms with Crippen molar-refractivity contribution in [3.63, 3.8) is 0 Å². The molecule has 1 aliphatic heterocycles. The van der Waals surface area contributed by atoms with Gasteiger partial charge < -0.3 is 10.0 Å². The van der Waals surface area contributed by atoms with E-state index in [4.69, 9.17) is 0 Å². The summed E-state index contributed by atoms with van der Waals surface area (Å²) in [4.78, 5) is 11.3. The normalized spacial score (nSPS) is 24.0. The molecule has 2 unspecified atom stereocenters. The van der Waals surface area contributed by atoms with Crippen molar-refractivity contribution in [1.29, 1.82) is 0 Å². The summed E-state index contributed by atoms with van der Waals surface area (Å²) >= 11 is 0. The van der Waals surface area contributed by atoms with Crippen molar-refractivity contribution in [3.8, 4) is 0 Å². The van der Waals surface area contributed by atoms with Crippen LogP contribution in [-0.2, 0) is 6.61 Å². The first kappa shape index (κ1) is 14.3. The highest BCUT2D eigenvalue weighted by Gasteiger charge is 2.27. The Morgan fingerprint density at radius 3 is 2.79 bits per heavy atom. The van der Waals surface area contributed by atoms with E-state index < -0.39 is 0 Å². The number of aliphatic hydroxyl groups excluding tert-OH is 1. The van der Waals surface area contributed by atoms with Crippen LogP contribution in [0.2, 0.25) is 0 Å². The molecule has 19 heavy (non-hydrogen) atoms. The average molecular weight is 263 g/mol. The minimum Gasteiger partial charge on any atom is -0.390 e. The lowest BCUT2D eigenvalue weighted by Gasteiger charge is -2.40. The number of aliphatic hydroxyl groups is 1. The molecule has 1 aromatic heterocycles. The van der Waals surface area contributed by atoms with E-state index in [1.807, 2.05) is 6.20 Å². The largest absolute Gasteiger partial charge is 0.390 e. The topological polar surface area (TPSA) is 49.2 Å². The molecular weight excluding hydrogens is 238 g/mol. The lowest BCUT2D eigenvalue weighted by molar-refractivity contribution is 0.274. The number of nitrogens with zero attached hydrogens (tertiary/aromatic N) is 3. The maximum atomic E-state index is 9.59. The van der Waals surface area contributed by atoms with Crippen LogP contribution in [0.25, 0.3) is 0 Å². The molecule has 0 saturated carbocycles. The summed E-state index contributed by atoms with van der Waals surface area (Å²) < 4.78 is 0. The Morgan fingerprint density at radius 2 is 2.16 bits per heavy atom. The van der Waals surface area contributed by atoms with E-state index in [2.05, 4.69) is 42.6 Å². The fourth-order valence-electron chi connectivity index (χ4n) is 2.74. The van der Waals surface area contributed by atoms with Gasteiger partial charge in [0.2, 0.25) is 0 Å². The average Bonchev–Trinajstić information content (AvgIpc) is 2.41. The van der Waals surface area contributed by atoms with Crippen molar-refractivity contribution < 1.29 is 5.11 Å². The van der Waals surface area contributed by atoms with Crippen LogP contribution < -0.4 is 4.90 Å². The smallest absolute Gasteiger partial charge is 0.131 e. The fourth-order valence-corrected chi connectivity index (χ4v) is 2.74. The molecule has 1 N–H and O–H groups in total. The van der Waals surface area contributed by atoms with E-state index in [1.165, 1.54) is 12.8 Å². The van der Waals surface area contributed by atoms with Gasteiger partial charge >= 0.3 is 0 Å². The first-order chi connectivity index (χ1) is 9.04. The molecule has 0 spiro atoms. The van der Waals surface area contributed by atoms with Gasteiger partial charge in [-0.3, -0.25) is 0 Å². The van der Waals surface area contributed by atoms with Gasteiger partial charge in [0.05, 0.1) is 24.2 Å². The minimum atomic E-state index is -0.0187.